The molecule has 100 valence electrons. The standard InChI is InChI=1S/C12H14F3NO2/c1-9(17)18-7-6-16-8-10-4-2-3-5-11(10)12(13,14)15/h2-5,16H,6-8H2,1H3. The van der Waals surface area contributed by atoms with Gasteiger partial charge >= 0.3 is 12.1 Å². The maximum atomic E-state index is 12.6. The molecule has 1 aromatic carbocycles. The first kappa shape index (κ1) is 14.5. The minimum Gasteiger partial charge on any atom is -0.465 e. The van der Waals surface area contributed by atoms with Crippen molar-refractivity contribution in [3.05, 3.63) is 35.4 Å². The molecule has 0 fully saturated rings. The summed E-state index contributed by atoms with van der Waals surface area (Å²) in [6, 6.07) is 5.37. The maximum Gasteiger partial charge on any atom is 0.416 e. The number of ether oxygens (including phenoxy) is 1. The number of benzene rings is 1. The van der Waals surface area contributed by atoms with Crippen LogP contribution in [0.3, 0.4) is 0 Å². The Balaban J connectivity index is 2.50. The topological polar surface area (TPSA) is 38.3 Å². The van der Waals surface area contributed by atoms with Crippen LogP contribution in [0, 0.1) is 0 Å². The first-order valence-electron chi connectivity index (χ1n) is 5.40. The van der Waals surface area contributed by atoms with Crippen LogP contribution in [-0.4, -0.2) is 19.1 Å². The Morgan fingerprint density at radius 2 is 2.00 bits per heavy atom. The summed E-state index contributed by atoms with van der Waals surface area (Å²) >= 11 is 0. The molecule has 0 atom stereocenters. The van der Waals surface area contributed by atoms with E-state index in [-0.39, 0.29) is 18.7 Å². The molecule has 0 aliphatic heterocycles. The van der Waals surface area contributed by atoms with Gasteiger partial charge in [0.15, 0.2) is 0 Å². The number of alkyl halides is 3. The Morgan fingerprint density at radius 3 is 2.61 bits per heavy atom. The van der Waals surface area contributed by atoms with Crippen molar-refractivity contribution in [3.8, 4) is 0 Å². The SMILES string of the molecule is CC(=O)OCCNCc1ccccc1C(F)(F)F. The van der Waals surface area contributed by atoms with E-state index in [1.165, 1.54) is 19.1 Å². The normalized spacial score (nSPS) is 11.3. The molecule has 0 radical (unpaired) electrons. The van der Waals surface area contributed by atoms with Crippen molar-refractivity contribution in [3.63, 3.8) is 0 Å². The smallest absolute Gasteiger partial charge is 0.416 e. The van der Waals surface area contributed by atoms with Crippen molar-refractivity contribution in [2.24, 2.45) is 0 Å². The van der Waals surface area contributed by atoms with Gasteiger partial charge in [-0.2, -0.15) is 13.2 Å². The first-order valence-corrected chi connectivity index (χ1v) is 5.40. The third kappa shape index (κ3) is 4.75. The van der Waals surface area contributed by atoms with E-state index in [1.54, 1.807) is 6.07 Å². The van der Waals surface area contributed by atoms with E-state index >= 15 is 0 Å². The second-order valence-corrected chi connectivity index (χ2v) is 3.67. The van der Waals surface area contributed by atoms with Crippen molar-refractivity contribution < 1.29 is 22.7 Å². The Hall–Kier alpha value is -1.56. The predicted molar refractivity (Wildman–Crippen MR) is 59.8 cm³/mol. The number of nitrogens with one attached hydrogen (secondary N) is 1. The summed E-state index contributed by atoms with van der Waals surface area (Å²) in [6.07, 6.45) is -4.35. The van der Waals surface area contributed by atoms with Crippen LogP contribution in [0.1, 0.15) is 18.1 Å². The molecule has 1 N–H and O–H groups in total. The van der Waals surface area contributed by atoms with Crippen molar-refractivity contribution in [2.45, 2.75) is 19.6 Å². The highest BCUT2D eigenvalue weighted by atomic mass is 19.4. The molecule has 0 saturated carbocycles. The number of carbonyl (C=O) groups is 1. The van der Waals surface area contributed by atoms with Crippen LogP contribution in [0.5, 0.6) is 0 Å². The van der Waals surface area contributed by atoms with E-state index in [1.807, 2.05) is 0 Å². The Morgan fingerprint density at radius 1 is 1.33 bits per heavy atom. The molecule has 0 aliphatic carbocycles. The summed E-state index contributed by atoms with van der Waals surface area (Å²) in [6.45, 7) is 1.81. The molecular weight excluding hydrogens is 247 g/mol. The number of esters is 1. The second-order valence-electron chi connectivity index (χ2n) is 3.67. The highest BCUT2D eigenvalue weighted by Gasteiger charge is 2.32. The van der Waals surface area contributed by atoms with Crippen LogP contribution in [0.15, 0.2) is 24.3 Å². The lowest BCUT2D eigenvalue weighted by Crippen LogP contribution is -2.22. The number of halogens is 3. The van der Waals surface area contributed by atoms with Crippen molar-refractivity contribution in [2.75, 3.05) is 13.2 Å². The lowest BCUT2D eigenvalue weighted by Gasteiger charge is -2.13. The zero-order valence-electron chi connectivity index (χ0n) is 9.88. The molecular formula is C12H14F3NO2. The van der Waals surface area contributed by atoms with Gasteiger partial charge in [-0.3, -0.25) is 4.79 Å². The molecule has 3 nitrogen and oxygen atoms in total. The van der Waals surface area contributed by atoms with Gasteiger partial charge in [0.2, 0.25) is 0 Å². The van der Waals surface area contributed by atoms with Gasteiger partial charge in [-0.15, -0.1) is 0 Å². The highest BCUT2D eigenvalue weighted by molar-refractivity contribution is 5.65. The number of carbonyl (C=O) groups excluding carboxylic acids is 1. The molecule has 6 heteroatoms. The second kappa shape index (κ2) is 6.39. The van der Waals surface area contributed by atoms with E-state index in [0.29, 0.717) is 6.54 Å². The molecule has 0 aromatic heterocycles. The average Bonchev–Trinajstić information content (AvgIpc) is 2.27. The van der Waals surface area contributed by atoms with E-state index in [0.717, 1.165) is 6.07 Å². The molecule has 18 heavy (non-hydrogen) atoms. The van der Waals surface area contributed by atoms with E-state index < -0.39 is 17.7 Å². The number of rotatable bonds is 5. The molecule has 0 heterocycles. The molecule has 0 bridgehead atoms. The van der Waals surface area contributed by atoms with Gasteiger partial charge in [0, 0.05) is 20.0 Å². The summed E-state index contributed by atoms with van der Waals surface area (Å²) in [4.78, 5) is 10.5. The van der Waals surface area contributed by atoms with Crippen LogP contribution in [0.2, 0.25) is 0 Å². The van der Waals surface area contributed by atoms with Crippen LogP contribution in [0.25, 0.3) is 0 Å². The molecule has 1 aromatic rings. The lowest BCUT2D eigenvalue weighted by molar-refractivity contribution is -0.140. The average molecular weight is 261 g/mol. The van der Waals surface area contributed by atoms with Gasteiger partial charge in [-0.25, -0.2) is 0 Å². The van der Waals surface area contributed by atoms with Crippen LogP contribution in [-0.2, 0) is 22.3 Å². The summed E-state index contributed by atoms with van der Waals surface area (Å²) in [7, 11) is 0. The fourth-order valence-corrected chi connectivity index (χ4v) is 1.44. The third-order valence-electron chi connectivity index (χ3n) is 2.22. The first-order chi connectivity index (χ1) is 8.41. The maximum absolute atomic E-state index is 12.6. The van der Waals surface area contributed by atoms with E-state index in [4.69, 9.17) is 0 Å². The third-order valence-corrected chi connectivity index (χ3v) is 2.22. The number of hydrogen-bond donors (Lipinski definition) is 1. The van der Waals surface area contributed by atoms with Gasteiger partial charge in [-0.1, -0.05) is 18.2 Å². The Labute approximate surface area is 103 Å². The fourth-order valence-electron chi connectivity index (χ4n) is 1.44. The minimum atomic E-state index is -4.35. The van der Waals surface area contributed by atoms with Gasteiger partial charge in [0.1, 0.15) is 6.61 Å². The van der Waals surface area contributed by atoms with Crippen molar-refractivity contribution in [1.29, 1.82) is 0 Å². The zero-order chi connectivity index (χ0) is 13.6. The predicted octanol–water partition coefficient (Wildman–Crippen LogP) is 2.36. The monoisotopic (exact) mass is 261 g/mol. The molecule has 1 rings (SSSR count). The fraction of sp³-hybridized carbons (Fsp3) is 0.417. The van der Waals surface area contributed by atoms with Gasteiger partial charge in [0.25, 0.3) is 0 Å². The lowest BCUT2D eigenvalue weighted by atomic mass is 10.1. The minimum absolute atomic E-state index is 0.0803. The summed E-state index contributed by atoms with van der Waals surface area (Å²) in [5.41, 5.74) is -0.474. The Kier molecular flexibility index (Phi) is 5.15. The molecule has 0 spiro atoms. The van der Waals surface area contributed by atoms with Crippen LogP contribution < -0.4 is 5.32 Å². The van der Waals surface area contributed by atoms with E-state index in [2.05, 4.69) is 10.1 Å². The van der Waals surface area contributed by atoms with Gasteiger partial charge in [-0.05, 0) is 11.6 Å². The molecule has 0 saturated heterocycles. The number of hydrogen-bond acceptors (Lipinski definition) is 3. The Bertz CT molecular complexity index is 405. The van der Waals surface area contributed by atoms with Gasteiger partial charge in [0.05, 0.1) is 5.56 Å². The zero-order valence-corrected chi connectivity index (χ0v) is 9.88. The quantitative estimate of drug-likeness (QED) is 0.653. The molecule has 0 amide bonds. The largest absolute Gasteiger partial charge is 0.465 e. The van der Waals surface area contributed by atoms with Crippen molar-refractivity contribution >= 4 is 5.97 Å². The van der Waals surface area contributed by atoms with Gasteiger partial charge < -0.3 is 10.1 Å². The van der Waals surface area contributed by atoms with Crippen LogP contribution >= 0.6 is 0 Å². The molecule has 0 aliphatic rings. The molecule has 0 unspecified atom stereocenters. The van der Waals surface area contributed by atoms with Crippen molar-refractivity contribution in [1.82, 2.24) is 5.32 Å². The summed E-state index contributed by atoms with van der Waals surface area (Å²) in [5, 5.41) is 2.79. The summed E-state index contributed by atoms with van der Waals surface area (Å²) < 4.78 is 42.6. The van der Waals surface area contributed by atoms with Crippen LogP contribution in [0.4, 0.5) is 13.2 Å². The highest BCUT2D eigenvalue weighted by Crippen LogP contribution is 2.31. The summed E-state index contributed by atoms with van der Waals surface area (Å²) in [5.74, 6) is -0.410. The van der Waals surface area contributed by atoms with E-state index in [9.17, 15) is 18.0 Å².